The van der Waals surface area contributed by atoms with Crippen LogP contribution in [0.2, 0.25) is 0 Å². The molecule has 122 valence electrons. The van der Waals surface area contributed by atoms with Gasteiger partial charge >= 0.3 is 0 Å². The van der Waals surface area contributed by atoms with Gasteiger partial charge in [-0.3, -0.25) is 0 Å². The number of fused-ring (bicyclic) bond motifs is 4. The summed E-state index contributed by atoms with van der Waals surface area (Å²) >= 11 is 0. The molecule has 24 heavy (non-hydrogen) atoms. The number of halogens is 1. The lowest BCUT2D eigenvalue weighted by Gasteiger charge is -2.18. The molecule has 3 aromatic rings. The highest BCUT2D eigenvalue weighted by molar-refractivity contribution is 5.85. The molecule has 3 heterocycles. The van der Waals surface area contributed by atoms with Crippen LogP contribution in [-0.2, 0) is 6.54 Å². The molecule has 1 atom stereocenters. The van der Waals surface area contributed by atoms with E-state index in [0.717, 1.165) is 18.0 Å². The van der Waals surface area contributed by atoms with Gasteiger partial charge in [0.2, 0.25) is 6.79 Å². The fourth-order valence-electron chi connectivity index (χ4n) is 3.44. The topological polar surface area (TPSA) is 35.4 Å². The number of benzene rings is 2. The summed E-state index contributed by atoms with van der Waals surface area (Å²) in [5, 5.41) is 3.67. The Hall–Kier alpha value is -2.43. The first-order valence-corrected chi connectivity index (χ1v) is 7.78. The Kier molecular flexibility index (Phi) is 3.71. The average Bonchev–Trinajstić information content (AvgIpc) is 3.22. The molecule has 0 spiro atoms. The van der Waals surface area contributed by atoms with Crippen molar-refractivity contribution in [1.82, 2.24) is 9.88 Å². The van der Waals surface area contributed by atoms with Crippen molar-refractivity contribution in [2.75, 3.05) is 6.79 Å². The van der Waals surface area contributed by atoms with Gasteiger partial charge in [0.25, 0.3) is 0 Å². The van der Waals surface area contributed by atoms with Gasteiger partial charge in [-0.15, -0.1) is 12.4 Å². The van der Waals surface area contributed by atoms with Crippen LogP contribution in [-0.4, -0.2) is 11.4 Å². The van der Waals surface area contributed by atoms with Gasteiger partial charge < -0.3 is 19.4 Å². The van der Waals surface area contributed by atoms with Gasteiger partial charge in [-0.05, 0) is 41.5 Å². The fraction of sp³-hybridized carbons (Fsp3) is 0.158. The minimum atomic E-state index is 0. The van der Waals surface area contributed by atoms with Crippen LogP contribution in [0.25, 0.3) is 5.69 Å². The van der Waals surface area contributed by atoms with Crippen molar-refractivity contribution in [2.45, 2.75) is 12.6 Å². The van der Waals surface area contributed by atoms with Crippen LogP contribution in [0.15, 0.2) is 60.8 Å². The molecular weight excluding hydrogens is 324 g/mol. The third kappa shape index (κ3) is 2.27. The molecule has 2 aliphatic rings. The molecule has 1 aromatic heterocycles. The van der Waals surface area contributed by atoms with Crippen LogP contribution in [0.1, 0.15) is 22.9 Å². The Bertz CT molecular complexity index is 891. The van der Waals surface area contributed by atoms with Crippen molar-refractivity contribution in [3.05, 3.63) is 77.6 Å². The number of nitrogens with one attached hydrogen (secondary N) is 1. The summed E-state index contributed by atoms with van der Waals surface area (Å²) in [7, 11) is 0. The van der Waals surface area contributed by atoms with E-state index in [4.69, 9.17) is 9.47 Å². The Morgan fingerprint density at radius 2 is 1.83 bits per heavy atom. The SMILES string of the molecule is Cl.c1ccc2c(c1)CNC(c1ccc3c(c1)OCO3)c1cccn1-2. The fourth-order valence-corrected chi connectivity index (χ4v) is 3.44. The van der Waals surface area contributed by atoms with E-state index in [1.54, 1.807) is 0 Å². The number of hydrogen-bond acceptors (Lipinski definition) is 3. The van der Waals surface area contributed by atoms with E-state index in [1.165, 1.54) is 22.5 Å². The molecule has 0 saturated heterocycles. The second kappa shape index (κ2) is 5.89. The molecule has 0 saturated carbocycles. The molecular formula is C19H17ClN2O2. The first-order chi connectivity index (χ1) is 11.4. The lowest BCUT2D eigenvalue weighted by Crippen LogP contribution is -2.21. The minimum Gasteiger partial charge on any atom is -0.454 e. The maximum atomic E-state index is 5.54. The molecule has 0 radical (unpaired) electrons. The molecule has 0 aliphatic carbocycles. The number of para-hydroxylation sites is 1. The van der Waals surface area contributed by atoms with Crippen LogP contribution < -0.4 is 14.8 Å². The van der Waals surface area contributed by atoms with E-state index in [1.807, 2.05) is 6.07 Å². The van der Waals surface area contributed by atoms with E-state index < -0.39 is 0 Å². The molecule has 5 rings (SSSR count). The number of hydrogen-bond donors (Lipinski definition) is 1. The highest BCUT2D eigenvalue weighted by Crippen LogP contribution is 2.37. The minimum absolute atomic E-state index is 0. The van der Waals surface area contributed by atoms with E-state index in [9.17, 15) is 0 Å². The normalized spacial score (nSPS) is 17.4. The standard InChI is InChI=1S/C19H16N2O2.ClH/c1-2-5-15-14(4-1)11-20-19(16-6-3-9-21(15)16)13-7-8-17-18(10-13)23-12-22-17;/h1-10,19-20H,11-12H2;1H. The summed E-state index contributed by atoms with van der Waals surface area (Å²) in [4.78, 5) is 0. The molecule has 1 unspecified atom stereocenters. The van der Waals surface area contributed by atoms with Crippen molar-refractivity contribution < 1.29 is 9.47 Å². The van der Waals surface area contributed by atoms with Crippen molar-refractivity contribution in [3.8, 4) is 17.2 Å². The van der Waals surface area contributed by atoms with Gasteiger partial charge in [-0.1, -0.05) is 24.3 Å². The van der Waals surface area contributed by atoms with Gasteiger partial charge in [-0.2, -0.15) is 0 Å². The average molecular weight is 341 g/mol. The van der Waals surface area contributed by atoms with Crippen molar-refractivity contribution >= 4 is 12.4 Å². The van der Waals surface area contributed by atoms with E-state index >= 15 is 0 Å². The first kappa shape index (κ1) is 15.1. The van der Waals surface area contributed by atoms with Gasteiger partial charge in [0, 0.05) is 24.1 Å². The van der Waals surface area contributed by atoms with Gasteiger partial charge in [0.1, 0.15) is 0 Å². The monoisotopic (exact) mass is 340 g/mol. The lowest BCUT2D eigenvalue weighted by molar-refractivity contribution is 0.174. The molecule has 0 bridgehead atoms. The zero-order valence-corrected chi connectivity index (χ0v) is 13.8. The Morgan fingerprint density at radius 3 is 2.79 bits per heavy atom. The summed E-state index contributed by atoms with van der Waals surface area (Å²) in [6.45, 7) is 1.13. The summed E-state index contributed by atoms with van der Waals surface area (Å²) in [5.41, 5.74) is 4.95. The second-order valence-electron chi connectivity index (χ2n) is 5.86. The molecule has 2 aromatic carbocycles. The van der Waals surface area contributed by atoms with Crippen LogP contribution in [0.4, 0.5) is 0 Å². The third-order valence-corrected chi connectivity index (χ3v) is 4.55. The summed E-state index contributed by atoms with van der Waals surface area (Å²) in [5.74, 6) is 1.64. The molecule has 2 aliphatic heterocycles. The first-order valence-electron chi connectivity index (χ1n) is 7.78. The maximum Gasteiger partial charge on any atom is 0.231 e. The predicted octanol–water partition coefficient (Wildman–Crippen LogP) is 3.82. The third-order valence-electron chi connectivity index (χ3n) is 4.55. The predicted molar refractivity (Wildman–Crippen MR) is 94.3 cm³/mol. The Morgan fingerprint density at radius 1 is 0.958 bits per heavy atom. The highest BCUT2D eigenvalue weighted by Gasteiger charge is 2.24. The van der Waals surface area contributed by atoms with Gasteiger partial charge in [0.15, 0.2) is 11.5 Å². The largest absolute Gasteiger partial charge is 0.454 e. The number of nitrogens with zero attached hydrogens (tertiary/aromatic N) is 1. The molecule has 1 N–H and O–H groups in total. The van der Waals surface area contributed by atoms with E-state index in [2.05, 4.69) is 64.6 Å². The summed E-state index contributed by atoms with van der Waals surface area (Å²) in [6.07, 6.45) is 2.13. The van der Waals surface area contributed by atoms with Crippen molar-refractivity contribution in [1.29, 1.82) is 0 Å². The summed E-state index contributed by atoms with van der Waals surface area (Å²) < 4.78 is 13.2. The quantitative estimate of drug-likeness (QED) is 0.731. The maximum absolute atomic E-state index is 5.54. The van der Waals surface area contributed by atoms with Gasteiger partial charge in [-0.25, -0.2) is 0 Å². The lowest BCUT2D eigenvalue weighted by atomic mass is 10.0. The van der Waals surface area contributed by atoms with Crippen LogP contribution in [0.5, 0.6) is 11.5 Å². The smallest absolute Gasteiger partial charge is 0.231 e. The molecule has 0 amide bonds. The second-order valence-corrected chi connectivity index (χ2v) is 5.86. The molecule has 5 heteroatoms. The zero-order chi connectivity index (χ0) is 15.2. The van der Waals surface area contributed by atoms with Gasteiger partial charge in [0.05, 0.1) is 6.04 Å². The van der Waals surface area contributed by atoms with Crippen LogP contribution in [0.3, 0.4) is 0 Å². The zero-order valence-electron chi connectivity index (χ0n) is 12.9. The van der Waals surface area contributed by atoms with Crippen molar-refractivity contribution in [3.63, 3.8) is 0 Å². The highest BCUT2D eigenvalue weighted by atomic mass is 35.5. The van der Waals surface area contributed by atoms with Crippen LogP contribution in [0, 0.1) is 0 Å². The summed E-state index contributed by atoms with van der Waals surface area (Å²) in [6, 6.07) is 19.1. The Labute approximate surface area is 146 Å². The number of rotatable bonds is 1. The van der Waals surface area contributed by atoms with Crippen LogP contribution >= 0.6 is 12.4 Å². The van der Waals surface area contributed by atoms with E-state index in [-0.39, 0.29) is 18.4 Å². The number of aromatic nitrogens is 1. The molecule has 4 nitrogen and oxygen atoms in total. The van der Waals surface area contributed by atoms with Crippen molar-refractivity contribution in [2.24, 2.45) is 0 Å². The Balaban J connectivity index is 0.00000146. The number of ether oxygens (including phenoxy) is 2. The van der Waals surface area contributed by atoms with E-state index in [0.29, 0.717) is 6.79 Å². The molecule has 0 fully saturated rings.